The molecule has 2 heterocycles. The van der Waals surface area contributed by atoms with Gasteiger partial charge in [-0.2, -0.15) is 5.10 Å². The fourth-order valence-electron chi connectivity index (χ4n) is 3.96. The predicted molar refractivity (Wildman–Crippen MR) is 100 cm³/mol. The second kappa shape index (κ2) is 6.71. The highest BCUT2D eigenvalue weighted by molar-refractivity contribution is 6.42. The summed E-state index contributed by atoms with van der Waals surface area (Å²) < 4.78 is 1.78. The number of imide groups is 1. The Hall–Kier alpha value is -1.85. The molecule has 2 atom stereocenters. The highest BCUT2D eigenvalue weighted by Gasteiger charge is 2.49. The Morgan fingerprint density at radius 1 is 1.04 bits per heavy atom. The molecule has 1 aliphatic carbocycles. The molecule has 0 bridgehead atoms. The summed E-state index contributed by atoms with van der Waals surface area (Å²) in [6, 6.07) is 7.23. The Morgan fingerprint density at radius 3 is 2.31 bits per heavy atom. The smallest absolute Gasteiger partial charge is 0.238 e. The van der Waals surface area contributed by atoms with E-state index in [2.05, 4.69) is 5.10 Å². The lowest BCUT2D eigenvalue weighted by Gasteiger charge is -2.19. The summed E-state index contributed by atoms with van der Waals surface area (Å²) in [5, 5.41) is 5.52. The number of anilines is 1. The van der Waals surface area contributed by atoms with Crippen LogP contribution in [-0.2, 0) is 16.1 Å². The zero-order valence-electron chi connectivity index (χ0n) is 14.4. The molecule has 2 aliphatic rings. The number of halogens is 2. The number of hydrogen-bond donors (Lipinski definition) is 0. The van der Waals surface area contributed by atoms with Crippen molar-refractivity contribution in [2.45, 2.75) is 39.2 Å². The van der Waals surface area contributed by atoms with E-state index < -0.39 is 0 Å². The number of benzene rings is 1. The first kappa shape index (κ1) is 17.6. The summed E-state index contributed by atoms with van der Waals surface area (Å²) in [5.74, 6) is -0.113. The van der Waals surface area contributed by atoms with Crippen molar-refractivity contribution in [3.8, 4) is 0 Å². The van der Waals surface area contributed by atoms with Gasteiger partial charge in [-0.3, -0.25) is 14.3 Å². The Morgan fingerprint density at radius 2 is 1.69 bits per heavy atom. The molecule has 1 saturated heterocycles. The molecule has 1 saturated carbocycles. The van der Waals surface area contributed by atoms with Crippen LogP contribution in [0.25, 0.3) is 0 Å². The van der Waals surface area contributed by atoms with Gasteiger partial charge in [-0.15, -0.1) is 0 Å². The zero-order chi connectivity index (χ0) is 18.4. The van der Waals surface area contributed by atoms with Crippen molar-refractivity contribution in [3.05, 3.63) is 45.6 Å². The number of nitrogens with zero attached hydrogens (tertiary/aromatic N) is 3. The molecule has 1 aromatic heterocycles. The maximum absolute atomic E-state index is 12.7. The van der Waals surface area contributed by atoms with E-state index in [-0.39, 0.29) is 23.7 Å². The predicted octanol–water partition coefficient (Wildman–Crippen LogP) is 4.23. The van der Waals surface area contributed by atoms with Gasteiger partial charge in [0.1, 0.15) is 0 Å². The van der Waals surface area contributed by atoms with Crippen LogP contribution in [0.3, 0.4) is 0 Å². The summed E-state index contributed by atoms with van der Waals surface area (Å²) >= 11 is 12.0. The standard InChI is InChI=1S/C19H19Cl2N3O2/c1-11-8-17(22-23(11)10-12-6-7-15(20)16(21)9-12)24-18(25)13-4-2-3-5-14(13)19(24)26/h6-9,13-14H,2-5,10H2,1H3/t13-,14+. The van der Waals surface area contributed by atoms with E-state index in [0.29, 0.717) is 22.4 Å². The van der Waals surface area contributed by atoms with Crippen molar-refractivity contribution >= 4 is 40.8 Å². The first-order chi connectivity index (χ1) is 12.5. The minimum atomic E-state index is -0.170. The quantitative estimate of drug-likeness (QED) is 0.735. The second-order valence-electron chi connectivity index (χ2n) is 7.06. The molecule has 4 rings (SSSR count). The Kier molecular flexibility index (Phi) is 4.53. The van der Waals surface area contributed by atoms with Gasteiger partial charge in [0.25, 0.3) is 0 Å². The molecule has 136 valence electrons. The fourth-order valence-corrected chi connectivity index (χ4v) is 4.28. The van der Waals surface area contributed by atoms with Crippen LogP contribution in [0.5, 0.6) is 0 Å². The van der Waals surface area contributed by atoms with Gasteiger partial charge in [-0.25, -0.2) is 4.90 Å². The molecule has 0 spiro atoms. The van der Waals surface area contributed by atoms with Crippen LogP contribution >= 0.6 is 23.2 Å². The van der Waals surface area contributed by atoms with E-state index in [4.69, 9.17) is 23.2 Å². The van der Waals surface area contributed by atoms with Crippen molar-refractivity contribution in [2.24, 2.45) is 11.8 Å². The van der Waals surface area contributed by atoms with E-state index in [1.54, 1.807) is 22.9 Å². The third-order valence-corrected chi connectivity index (χ3v) is 6.09. The Balaban J connectivity index is 1.61. The van der Waals surface area contributed by atoms with Crippen molar-refractivity contribution in [3.63, 3.8) is 0 Å². The maximum atomic E-state index is 12.7. The van der Waals surface area contributed by atoms with E-state index in [1.807, 2.05) is 13.0 Å². The van der Waals surface area contributed by atoms with Crippen LogP contribution in [0.1, 0.15) is 36.9 Å². The monoisotopic (exact) mass is 391 g/mol. The number of rotatable bonds is 3. The number of aromatic nitrogens is 2. The molecule has 1 aliphatic heterocycles. The topological polar surface area (TPSA) is 55.2 Å². The molecule has 2 aromatic rings. The van der Waals surface area contributed by atoms with Crippen molar-refractivity contribution < 1.29 is 9.59 Å². The average molecular weight is 392 g/mol. The molecule has 2 amide bonds. The normalized spacial score (nSPS) is 22.8. The highest BCUT2D eigenvalue weighted by Crippen LogP contribution is 2.39. The lowest BCUT2D eigenvalue weighted by Crippen LogP contribution is -2.31. The minimum Gasteiger partial charge on any atom is -0.274 e. The van der Waals surface area contributed by atoms with Crippen LogP contribution < -0.4 is 4.90 Å². The third kappa shape index (κ3) is 2.93. The van der Waals surface area contributed by atoms with Gasteiger partial charge in [0.15, 0.2) is 5.82 Å². The number of carbonyl (C=O) groups excluding carboxylic acids is 2. The molecular formula is C19H19Cl2N3O2. The van der Waals surface area contributed by atoms with E-state index in [9.17, 15) is 9.59 Å². The lowest BCUT2D eigenvalue weighted by molar-refractivity contribution is -0.122. The summed E-state index contributed by atoms with van der Waals surface area (Å²) in [5.41, 5.74) is 1.83. The number of amides is 2. The summed E-state index contributed by atoms with van der Waals surface area (Å²) in [6.07, 6.45) is 3.63. The first-order valence-corrected chi connectivity index (χ1v) is 9.57. The zero-order valence-corrected chi connectivity index (χ0v) is 15.9. The largest absolute Gasteiger partial charge is 0.274 e. The Labute approximate surface area is 161 Å². The van der Waals surface area contributed by atoms with Gasteiger partial charge in [0.05, 0.1) is 28.4 Å². The molecule has 0 N–H and O–H groups in total. The van der Waals surface area contributed by atoms with Gasteiger partial charge >= 0.3 is 0 Å². The van der Waals surface area contributed by atoms with Crippen LogP contribution in [0, 0.1) is 18.8 Å². The number of carbonyl (C=O) groups is 2. The number of hydrogen-bond acceptors (Lipinski definition) is 3. The summed E-state index contributed by atoms with van der Waals surface area (Å²) in [7, 11) is 0. The van der Waals surface area contributed by atoms with Gasteiger partial charge in [-0.1, -0.05) is 42.1 Å². The summed E-state index contributed by atoms with van der Waals surface area (Å²) in [4.78, 5) is 26.8. The second-order valence-corrected chi connectivity index (χ2v) is 7.87. The van der Waals surface area contributed by atoms with Gasteiger partial charge < -0.3 is 0 Å². The average Bonchev–Trinajstić information content (AvgIpc) is 3.09. The van der Waals surface area contributed by atoms with Crippen molar-refractivity contribution in [2.75, 3.05) is 4.90 Å². The molecule has 0 radical (unpaired) electrons. The van der Waals surface area contributed by atoms with Crippen LogP contribution in [0.15, 0.2) is 24.3 Å². The van der Waals surface area contributed by atoms with Gasteiger partial charge in [0, 0.05) is 11.8 Å². The molecule has 0 unspecified atom stereocenters. The molecular weight excluding hydrogens is 373 g/mol. The van der Waals surface area contributed by atoms with Crippen LogP contribution in [-0.4, -0.2) is 21.6 Å². The van der Waals surface area contributed by atoms with Crippen molar-refractivity contribution in [1.29, 1.82) is 0 Å². The van der Waals surface area contributed by atoms with E-state index in [1.165, 1.54) is 4.90 Å². The number of fused-ring (bicyclic) bond motifs is 1. The Bertz CT molecular complexity index is 869. The van der Waals surface area contributed by atoms with Crippen LogP contribution in [0.2, 0.25) is 10.0 Å². The van der Waals surface area contributed by atoms with Crippen LogP contribution in [0.4, 0.5) is 5.82 Å². The fraction of sp³-hybridized carbons (Fsp3) is 0.421. The van der Waals surface area contributed by atoms with Crippen molar-refractivity contribution in [1.82, 2.24) is 9.78 Å². The highest BCUT2D eigenvalue weighted by atomic mass is 35.5. The number of aryl methyl sites for hydroxylation is 1. The first-order valence-electron chi connectivity index (χ1n) is 8.82. The molecule has 1 aromatic carbocycles. The SMILES string of the molecule is Cc1cc(N2C(=O)[C@H]3CCCC[C@H]3C2=O)nn1Cc1ccc(Cl)c(Cl)c1. The lowest BCUT2D eigenvalue weighted by atomic mass is 9.81. The summed E-state index contributed by atoms with van der Waals surface area (Å²) in [6.45, 7) is 2.40. The van der Waals surface area contributed by atoms with E-state index in [0.717, 1.165) is 36.9 Å². The minimum absolute atomic E-state index is 0.0983. The molecule has 7 heteroatoms. The van der Waals surface area contributed by atoms with Gasteiger partial charge in [-0.05, 0) is 37.5 Å². The van der Waals surface area contributed by atoms with E-state index >= 15 is 0 Å². The maximum Gasteiger partial charge on any atom is 0.238 e. The molecule has 26 heavy (non-hydrogen) atoms. The molecule has 5 nitrogen and oxygen atoms in total. The molecule has 2 fully saturated rings. The van der Waals surface area contributed by atoms with Gasteiger partial charge in [0.2, 0.25) is 11.8 Å². The third-order valence-electron chi connectivity index (χ3n) is 5.35.